The third-order valence-corrected chi connectivity index (χ3v) is 6.80. The van der Waals surface area contributed by atoms with E-state index in [1.165, 1.54) is 17.7 Å². The second-order valence-electron chi connectivity index (χ2n) is 8.62. The van der Waals surface area contributed by atoms with Crippen LogP contribution in [0.1, 0.15) is 52.1 Å². The molecule has 32 heavy (non-hydrogen) atoms. The fourth-order valence-corrected chi connectivity index (χ4v) is 4.84. The molecular weight excluding hydrogens is 420 g/mol. The Bertz CT molecular complexity index is 1070. The van der Waals surface area contributed by atoms with Crippen LogP contribution < -0.4 is 10.6 Å². The van der Waals surface area contributed by atoms with E-state index in [2.05, 4.69) is 37.4 Å². The number of thiazole rings is 1. The smallest absolute Gasteiger partial charge is 0.257 e. The number of likely N-dealkylation sites (tertiary alicyclic amines) is 1. The summed E-state index contributed by atoms with van der Waals surface area (Å²) in [6.45, 7) is 11.4. The number of benzene rings is 1. The van der Waals surface area contributed by atoms with Crippen molar-refractivity contribution in [1.29, 1.82) is 0 Å². The van der Waals surface area contributed by atoms with Gasteiger partial charge in [-0.25, -0.2) is 15.0 Å². The van der Waals surface area contributed by atoms with E-state index in [-0.39, 0.29) is 5.91 Å². The van der Waals surface area contributed by atoms with E-state index in [0.29, 0.717) is 16.6 Å². The first-order chi connectivity index (χ1) is 15.4. The second kappa shape index (κ2) is 9.75. The summed E-state index contributed by atoms with van der Waals surface area (Å²) in [4.78, 5) is 29.8. The van der Waals surface area contributed by atoms with E-state index < -0.39 is 0 Å². The standard InChI is InChI=1S/C24H30N6OS/c1-15-9-11-30(12-10-15)14-21-18(4)27-24(32-21)29-22(31)19-5-7-20(8-6-19)28-23-25-16(2)13-17(3)26-23/h5-8,13,15H,9-12,14H2,1-4H3,(H,25,26,28)(H,27,29,31). The predicted molar refractivity (Wildman–Crippen MR) is 130 cm³/mol. The number of rotatable bonds is 6. The van der Waals surface area contributed by atoms with Gasteiger partial charge in [-0.1, -0.05) is 6.92 Å². The molecule has 4 rings (SSSR count). The number of anilines is 3. The summed E-state index contributed by atoms with van der Waals surface area (Å²) in [6.07, 6.45) is 2.50. The number of amides is 1. The van der Waals surface area contributed by atoms with Crippen molar-refractivity contribution in [3.05, 3.63) is 57.9 Å². The number of hydrogen-bond donors (Lipinski definition) is 2. The fourth-order valence-electron chi connectivity index (χ4n) is 3.84. The number of carbonyl (C=O) groups excluding carboxylic acids is 1. The average Bonchev–Trinajstić information content (AvgIpc) is 3.08. The Morgan fingerprint density at radius 3 is 2.38 bits per heavy atom. The maximum atomic E-state index is 12.7. The van der Waals surface area contributed by atoms with Crippen LogP contribution >= 0.6 is 11.3 Å². The molecule has 3 aromatic rings. The van der Waals surface area contributed by atoms with Crippen molar-refractivity contribution in [3.63, 3.8) is 0 Å². The van der Waals surface area contributed by atoms with Crippen LogP contribution in [0.3, 0.4) is 0 Å². The average molecular weight is 451 g/mol. The van der Waals surface area contributed by atoms with Gasteiger partial charge in [0.05, 0.1) is 5.69 Å². The lowest BCUT2D eigenvalue weighted by molar-refractivity contribution is 0.102. The van der Waals surface area contributed by atoms with Gasteiger partial charge in [-0.3, -0.25) is 15.0 Å². The van der Waals surface area contributed by atoms with Crippen LogP contribution in [0.5, 0.6) is 0 Å². The number of nitrogens with one attached hydrogen (secondary N) is 2. The highest BCUT2D eigenvalue weighted by Gasteiger charge is 2.19. The molecule has 0 atom stereocenters. The zero-order valence-corrected chi connectivity index (χ0v) is 19.9. The van der Waals surface area contributed by atoms with Crippen LogP contribution in [0, 0.1) is 26.7 Å². The number of aryl methyl sites for hydroxylation is 3. The van der Waals surface area contributed by atoms with Gasteiger partial charge in [-0.05, 0) is 83.0 Å². The number of carbonyl (C=O) groups is 1. The molecule has 0 aliphatic carbocycles. The van der Waals surface area contributed by atoms with Gasteiger partial charge in [-0.2, -0.15) is 0 Å². The summed E-state index contributed by atoms with van der Waals surface area (Å²) in [5, 5.41) is 6.79. The summed E-state index contributed by atoms with van der Waals surface area (Å²) < 4.78 is 0. The first kappa shape index (κ1) is 22.4. The SMILES string of the molecule is Cc1cc(C)nc(Nc2ccc(C(=O)Nc3nc(C)c(CN4CCC(C)CC4)s3)cc2)n1. The van der Waals surface area contributed by atoms with Crippen molar-refractivity contribution in [1.82, 2.24) is 19.9 Å². The maximum absolute atomic E-state index is 12.7. The van der Waals surface area contributed by atoms with Crippen LogP contribution in [0.15, 0.2) is 30.3 Å². The molecule has 1 amide bonds. The van der Waals surface area contributed by atoms with E-state index >= 15 is 0 Å². The summed E-state index contributed by atoms with van der Waals surface area (Å²) in [7, 11) is 0. The van der Waals surface area contributed by atoms with Crippen molar-refractivity contribution in [3.8, 4) is 0 Å². The minimum Gasteiger partial charge on any atom is -0.324 e. The molecule has 7 nitrogen and oxygen atoms in total. The van der Waals surface area contributed by atoms with Crippen LogP contribution in [-0.4, -0.2) is 38.8 Å². The van der Waals surface area contributed by atoms with Gasteiger partial charge in [0.1, 0.15) is 0 Å². The Labute approximate surface area is 193 Å². The Kier molecular flexibility index (Phi) is 6.81. The first-order valence-corrected chi connectivity index (χ1v) is 11.9. The fraction of sp³-hybridized carbons (Fsp3) is 0.417. The molecule has 0 unspecified atom stereocenters. The van der Waals surface area contributed by atoms with E-state index in [1.807, 2.05) is 39.0 Å². The van der Waals surface area contributed by atoms with E-state index in [1.54, 1.807) is 23.5 Å². The Balaban J connectivity index is 1.36. The third-order valence-electron chi connectivity index (χ3n) is 5.74. The quantitative estimate of drug-likeness (QED) is 0.545. The third kappa shape index (κ3) is 5.69. The van der Waals surface area contributed by atoms with Crippen LogP contribution in [-0.2, 0) is 6.54 Å². The Hall–Kier alpha value is -2.84. The van der Waals surface area contributed by atoms with E-state index in [0.717, 1.165) is 48.3 Å². The van der Waals surface area contributed by atoms with E-state index in [9.17, 15) is 4.79 Å². The zero-order chi connectivity index (χ0) is 22.7. The molecule has 1 aliphatic rings. The van der Waals surface area contributed by atoms with Crippen molar-refractivity contribution in [2.45, 2.75) is 47.1 Å². The molecule has 8 heteroatoms. The molecule has 1 saturated heterocycles. The molecule has 0 radical (unpaired) electrons. The maximum Gasteiger partial charge on any atom is 0.257 e. The normalized spacial score (nSPS) is 15.0. The Morgan fingerprint density at radius 2 is 1.72 bits per heavy atom. The minimum atomic E-state index is -0.161. The highest BCUT2D eigenvalue weighted by atomic mass is 32.1. The molecule has 1 fully saturated rings. The predicted octanol–water partition coefficient (Wildman–Crippen LogP) is 5.09. The monoisotopic (exact) mass is 450 g/mol. The van der Waals surface area contributed by atoms with Crippen molar-refractivity contribution in [2.24, 2.45) is 5.92 Å². The van der Waals surface area contributed by atoms with Gasteiger partial charge < -0.3 is 5.32 Å². The Morgan fingerprint density at radius 1 is 1.06 bits per heavy atom. The first-order valence-electron chi connectivity index (χ1n) is 11.0. The van der Waals surface area contributed by atoms with Gasteiger partial charge in [0.25, 0.3) is 5.91 Å². The highest BCUT2D eigenvalue weighted by Crippen LogP contribution is 2.27. The molecule has 1 aliphatic heterocycles. The second-order valence-corrected chi connectivity index (χ2v) is 9.70. The summed E-state index contributed by atoms with van der Waals surface area (Å²) in [6, 6.07) is 9.21. The van der Waals surface area contributed by atoms with Crippen LogP contribution in [0.2, 0.25) is 0 Å². The lowest BCUT2D eigenvalue weighted by Crippen LogP contribution is -2.32. The zero-order valence-electron chi connectivity index (χ0n) is 19.1. The molecule has 3 heterocycles. The van der Waals surface area contributed by atoms with Gasteiger partial charge in [0.15, 0.2) is 5.13 Å². The van der Waals surface area contributed by atoms with E-state index in [4.69, 9.17) is 0 Å². The largest absolute Gasteiger partial charge is 0.324 e. The van der Waals surface area contributed by atoms with Crippen molar-refractivity contribution in [2.75, 3.05) is 23.7 Å². The van der Waals surface area contributed by atoms with Crippen molar-refractivity contribution < 1.29 is 4.79 Å². The van der Waals surface area contributed by atoms with Gasteiger partial charge in [0.2, 0.25) is 5.95 Å². The van der Waals surface area contributed by atoms with Crippen LogP contribution in [0.25, 0.3) is 0 Å². The minimum absolute atomic E-state index is 0.161. The summed E-state index contributed by atoms with van der Waals surface area (Å²) in [5.41, 5.74) is 4.22. The summed E-state index contributed by atoms with van der Waals surface area (Å²) in [5.74, 6) is 1.21. The van der Waals surface area contributed by atoms with Gasteiger partial charge in [0, 0.05) is 34.1 Å². The molecule has 2 N–H and O–H groups in total. The molecule has 0 spiro atoms. The van der Waals surface area contributed by atoms with Crippen molar-refractivity contribution >= 4 is 34.0 Å². The lowest BCUT2D eigenvalue weighted by Gasteiger charge is -2.29. The molecule has 2 aromatic heterocycles. The van der Waals surface area contributed by atoms with Gasteiger partial charge >= 0.3 is 0 Å². The highest BCUT2D eigenvalue weighted by molar-refractivity contribution is 7.15. The number of hydrogen-bond acceptors (Lipinski definition) is 7. The molecule has 168 valence electrons. The molecule has 0 bridgehead atoms. The number of nitrogens with zero attached hydrogens (tertiary/aromatic N) is 4. The number of piperidine rings is 1. The number of aromatic nitrogens is 3. The molecule has 1 aromatic carbocycles. The molecule has 0 saturated carbocycles. The molecular formula is C24H30N6OS. The summed E-state index contributed by atoms with van der Waals surface area (Å²) >= 11 is 1.57. The lowest BCUT2D eigenvalue weighted by atomic mass is 9.99. The van der Waals surface area contributed by atoms with Crippen LogP contribution in [0.4, 0.5) is 16.8 Å². The van der Waals surface area contributed by atoms with Gasteiger partial charge in [-0.15, -0.1) is 11.3 Å². The topological polar surface area (TPSA) is 83.0 Å².